The number of hydrogen-bond donors (Lipinski definition) is 1. The van der Waals surface area contributed by atoms with Crippen LogP contribution in [0, 0.1) is 0 Å². The van der Waals surface area contributed by atoms with E-state index in [1.807, 2.05) is 27.7 Å². The summed E-state index contributed by atoms with van der Waals surface area (Å²) in [5, 5.41) is 2.75. The molecule has 1 fully saturated rings. The van der Waals surface area contributed by atoms with Crippen molar-refractivity contribution in [2.24, 2.45) is 0 Å². The van der Waals surface area contributed by atoms with Gasteiger partial charge < -0.3 is 15.0 Å². The zero-order valence-corrected chi connectivity index (χ0v) is 12.9. The first-order valence-electron chi connectivity index (χ1n) is 6.85. The summed E-state index contributed by atoms with van der Waals surface area (Å²) in [7, 11) is 1.66. The molecule has 1 rings (SSSR count). The molecule has 1 aliphatic heterocycles. The molecule has 2 atom stereocenters. The Bertz CT molecular complexity index is 368. The van der Waals surface area contributed by atoms with E-state index >= 15 is 0 Å². The minimum Gasteiger partial charge on any atom is -0.379 e. The molecule has 0 aliphatic carbocycles. The number of amides is 2. The van der Waals surface area contributed by atoms with Gasteiger partial charge in [-0.2, -0.15) is 0 Å². The van der Waals surface area contributed by atoms with Crippen molar-refractivity contribution in [3.05, 3.63) is 0 Å². The number of piperazine rings is 1. The first-order chi connectivity index (χ1) is 8.68. The zero-order chi connectivity index (χ0) is 14.8. The fraction of sp³-hybridized carbons (Fsp3) is 0.857. The Morgan fingerprint density at radius 3 is 2.47 bits per heavy atom. The predicted octanol–water partition coefficient (Wildman–Crippen LogP) is 1.32. The van der Waals surface area contributed by atoms with Crippen molar-refractivity contribution in [3.8, 4) is 0 Å². The van der Waals surface area contributed by atoms with Crippen molar-refractivity contribution in [2.75, 3.05) is 13.7 Å². The Hall–Kier alpha value is -1.10. The van der Waals surface area contributed by atoms with Crippen LogP contribution in [0.4, 0.5) is 0 Å². The van der Waals surface area contributed by atoms with Gasteiger partial charge in [0.2, 0.25) is 11.8 Å². The number of carbonyl (C=O) groups excluding carboxylic acids is 2. The van der Waals surface area contributed by atoms with Gasteiger partial charge in [0.1, 0.15) is 11.6 Å². The Kier molecular flexibility index (Phi) is 4.61. The van der Waals surface area contributed by atoms with E-state index in [1.165, 1.54) is 0 Å². The van der Waals surface area contributed by atoms with E-state index in [9.17, 15) is 9.59 Å². The molecular formula is C14H26N2O3. The number of nitrogens with zero attached hydrogens (tertiary/aromatic N) is 1. The summed E-state index contributed by atoms with van der Waals surface area (Å²) in [4.78, 5) is 26.2. The summed E-state index contributed by atoms with van der Waals surface area (Å²) in [5.41, 5.74) is -1.06. The van der Waals surface area contributed by atoms with Crippen molar-refractivity contribution in [2.45, 2.75) is 64.6 Å². The monoisotopic (exact) mass is 270 g/mol. The third kappa shape index (κ3) is 3.08. The van der Waals surface area contributed by atoms with Crippen LogP contribution in [-0.2, 0) is 14.3 Å². The minimum absolute atomic E-state index is 0.0177. The molecule has 110 valence electrons. The average Bonchev–Trinajstić information content (AvgIpc) is 2.36. The fourth-order valence-electron chi connectivity index (χ4n) is 2.20. The number of hydrogen-bond acceptors (Lipinski definition) is 3. The van der Waals surface area contributed by atoms with Crippen molar-refractivity contribution in [3.63, 3.8) is 0 Å². The summed E-state index contributed by atoms with van der Waals surface area (Å²) < 4.78 is 5.38. The maximum atomic E-state index is 12.3. The SMILES string of the molecule is CCC1(C)C(=O)NC(C)C(=O)N1CCC(C)(C)OC. The van der Waals surface area contributed by atoms with Gasteiger partial charge in [-0.3, -0.25) is 9.59 Å². The van der Waals surface area contributed by atoms with Crippen molar-refractivity contribution < 1.29 is 14.3 Å². The largest absolute Gasteiger partial charge is 0.379 e. The van der Waals surface area contributed by atoms with Crippen molar-refractivity contribution >= 4 is 11.8 Å². The summed E-state index contributed by atoms with van der Waals surface area (Å²) in [6.07, 6.45) is 1.30. The molecule has 1 N–H and O–H groups in total. The molecule has 1 aliphatic rings. The Balaban J connectivity index is 2.91. The molecule has 1 heterocycles. The molecule has 0 aromatic heterocycles. The van der Waals surface area contributed by atoms with Crippen LogP contribution in [0.3, 0.4) is 0 Å². The molecule has 19 heavy (non-hydrogen) atoms. The van der Waals surface area contributed by atoms with Gasteiger partial charge in [0.05, 0.1) is 5.60 Å². The van der Waals surface area contributed by atoms with E-state index in [-0.39, 0.29) is 17.4 Å². The van der Waals surface area contributed by atoms with Crippen LogP contribution in [-0.4, -0.2) is 47.6 Å². The highest BCUT2D eigenvalue weighted by atomic mass is 16.5. The molecule has 0 aromatic rings. The quantitative estimate of drug-likeness (QED) is 0.819. The Morgan fingerprint density at radius 1 is 1.42 bits per heavy atom. The Morgan fingerprint density at radius 2 is 2.00 bits per heavy atom. The normalized spacial score (nSPS) is 28.5. The summed E-state index contributed by atoms with van der Waals surface area (Å²) in [5.74, 6) is -0.0897. The first kappa shape index (κ1) is 16.0. The lowest BCUT2D eigenvalue weighted by molar-refractivity contribution is -0.157. The Labute approximate surface area is 115 Å². The van der Waals surface area contributed by atoms with Gasteiger partial charge in [0.15, 0.2) is 0 Å². The minimum atomic E-state index is -0.757. The predicted molar refractivity (Wildman–Crippen MR) is 73.7 cm³/mol. The number of carbonyl (C=O) groups is 2. The van der Waals surface area contributed by atoms with E-state index in [1.54, 1.807) is 18.9 Å². The topological polar surface area (TPSA) is 58.6 Å². The molecule has 5 heteroatoms. The molecule has 1 saturated heterocycles. The van der Waals surface area contributed by atoms with E-state index in [0.717, 1.165) is 0 Å². The van der Waals surface area contributed by atoms with Gasteiger partial charge in [-0.1, -0.05) is 6.92 Å². The lowest BCUT2D eigenvalue weighted by Crippen LogP contribution is -2.69. The third-order valence-electron chi connectivity index (χ3n) is 4.25. The van der Waals surface area contributed by atoms with Crippen molar-refractivity contribution in [1.82, 2.24) is 10.2 Å². The summed E-state index contributed by atoms with van der Waals surface area (Å²) in [6, 6.07) is -0.446. The second kappa shape index (κ2) is 5.49. The second-order valence-corrected chi connectivity index (χ2v) is 6.03. The summed E-state index contributed by atoms with van der Waals surface area (Å²) in [6.45, 7) is 9.97. The number of methoxy groups -OCH3 is 1. The highest BCUT2D eigenvalue weighted by molar-refractivity contribution is 5.99. The molecule has 0 radical (unpaired) electrons. The molecule has 2 amide bonds. The van der Waals surface area contributed by atoms with Gasteiger partial charge in [0, 0.05) is 13.7 Å². The van der Waals surface area contributed by atoms with E-state index in [4.69, 9.17) is 4.74 Å². The maximum Gasteiger partial charge on any atom is 0.246 e. The van der Waals surface area contributed by atoms with Gasteiger partial charge >= 0.3 is 0 Å². The van der Waals surface area contributed by atoms with Gasteiger partial charge in [-0.25, -0.2) is 0 Å². The van der Waals surface area contributed by atoms with Crippen LogP contribution in [0.15, 0.2) is 0 Å². The van der Waals surface area contributed by atoms with Gasteiger partial charge in [0.25, 0.3) is 0 Å². The third-order valence-corrected chi connectivity index (χ3v) is 4.25. The lowest BCUT2D eigenvalue weighted by atomic mass is 9.90. The average molecular weight is 270 g/mol. The highest BCUT2D eigenvalue weighted by Crippen LogP contribution is 2.27. The van der Waals surface area contributed by atoms with Gasteiger partial charge in [-0.15, -0.1) is 0 Å². The van der Waals surface area contributed by atoms with E-state index in [2.05, 4.69) is 5.32 Å². The highest BCUT2D eigenvalue weighted by Gasteiger charge is 2.47. The summed E-state index contributed by atoms with van der Waals surface area (Å²) >= 11 is 0. The van der Waals surface area contributed by atoms with Crippen LogP contribution in [0.25, 0.3) is 0 Å². The van der Waals surface area contributed by atoms with Crippen molar-refractivity contribution in [1.29, 1.82) is 0 Å². The smallest absolute Gasteiger partial charge is 0.246 e. The number of rotatable bonds is 5. The standard InChI is InChI=1S/C14H26N2O3/c1-7-14(5)12(18)15-10(2)11(17)16(14)9-8-13(3,4)19-6/h10H,7-9H2,1-6H3,(H,15,18). The van der Waals surface area contributed by atoms with Gasteiger partial charge in [-0.05, 0) is 40.5 Å². The van der Waals surface area contributed by atoms with Crippen LogP contribution in [0.1, 0.15) is 47.5 Å². The zero-order valence-electron chi connectivity index (χ0n) is 12.9. The maximum absolute atomic E-state index is 12.3. The number of nitrogens with one attached hydrogen (secondary N) is 1. The molecule has 5 nitrogen and oxygen atoms in total. The van der Waals surface area contributed by atoms with Crippen LogP contribution in [0.2, 0.25) is 0 Å². The molecular weight excluding hydrogens is 244 g/mol. The van der Waals surface area contributed by atoms with Crippen LogP contribution in [0.5, 0.6) is 0 Å². The molecule has 2 unspecified atom stereocenters. The van der Waals surface area contributed by atoms with Crippen LogP contribution >= 0.6 is 0 Å². The van der Waals surface area contributed by atoms with E-state index < -0.39 is 11.6 Å². The molecule has 0 bridgehead atoms. The first-order valence-corrected chi connectivity index (χ1v) is 6.85. The second-order valence-electron chi connectivity index (χ2n) is 6.03. The van der Waals surface area contributed by atoms with E-state index in [0.29, 0.717) is 19.4 Å². The molecule has 0 saturated carbocycles. The molecule has 0 aromatic carbocycles. The molecule has 0 spiro atoms. The number of ether oxygens (including phenoxy) is 1. The lowest BCUT2D eigenvalue weighted by Gasteiger charge is -2.46. The fourth-order valence-corrected chi connectivity index (χ4v) is 2.20. The van der Waals surface area contributed by atoms with Crippen LogP contribution < -0.4 is 5.32 Å².